The van der Waals surface area contributed by atoms with E-state index in [0.29, 0.717) is 11.5 Å². The molecule has 0 radical (unpaired) electrons. The molecule has 5 heteroatoms. The van der Waals surface area contributed by atoms with Crippen LogP contribution in [-0.2, 0) is 0 Å². The highest BCUT2D eigenvalue weighted by atomic mass is 14.8. The fourth-order valence-corrected chi connectivity index (χ4v) is 1.11. The largest absolute Gasteiger partial charge is 0.387 e. The van der Waals surface area contributed by atoms with Crippen LogP contribution in [0.25, 0.3) is 0 Å². The van der Waals surface area contributed by atoms with E-state index in [9.17, 15) is 0 Å². The monoisotopic (exact) mass is 241 g/mol. The summed E-state index contributed by atoms with van der Waals surface area (Å²) in [6.07, 6.45) is 3.31. The Hall–Kier alpha value is -2.61. The molecular formula is C13H15N5. The summed E-state index contributed by atoms with van der Waals surface area (Å²) in [5, 5.41) is 11.3. The van der Waals surface area contributed by atoms with E-state index in [1.54, 1.807) is 18.5 Å². The highest BCUT2D eigenvalue weighted by molar-refractivity contribution is 5.41. The summed E-state index contributed by atoms with van der Waals surface area (Å²) in [7, 11) is 1.81. The Balaban J connectivity index is 0.000000184. The number of hydrogen-bond donors (Lipinski definition) is 2. The van der Waals surface area contributed by atoms with Crippen molar-refractivity contribution in [2.24, 2.45) is 0 Å². The second-order valence-electron chi connectivity index (χ2n) is 3.50. The maximum atomic E-state index is 8.37. The van der Waals surface area contributed by atoms with Gasteiger partial charge in [0.1, 0.15) is 17.6 Å². The molecular weight excluding hydrogens is 226 g/mol. The number of nitrogens with two attached hydrogens (primary N) is 1. The number of nitrogen functional groups attached to an aromatic ring is 1. The topological polar surface area (TPSA) is 87.6 Å². The molecule has 0 aliphatic rings. The van der Waals surface area contributed by atoms with E-state index in [1.807, 2.05) is 38.2 Å². The summed E-state index contributed by atoms with van der Waals surface area (Å²) in [6, 6.07) is 9.22. The number of pyridine rings is 2. The zero-order chi connectivity index (χ0) is 13.4. The summed E-state index contributed by atoms with van der Waals surface area (Å²) in [5.41, 5.74) is 7.80. The van der Waals surface area contributed by atoms with Crippen molar-refractivity contribution in [1.82, 2.24) is 9.97 Å². The molecule has 0 atom stereocenters. The molecule has 0 saturated heterocycles. The fourth-order valence-electron chi connectivity index (χ4n) is 1.11. The third-order valence-electron chi connectivity index (χ3n) is 2.22. The van der Waals surface area contributed by atoms with Crippen LogP contribution in [-0.4, -0.2) is 17.0 Å². The Kier molecular flexibility index (Phi) is 5.13. The molecule has 3 N–H and O–H groups in total. The van der Waals surface area contributed by atoms with E-state index in [2.05, 4.69) is 15.3 Å². The molecule has 18 heavy (non-hydrogen) atoms. The Labute approximate surface area is 106 Å². The second kappa shape index (κ2) is 6.86. The molecule has 0 spiro atoms. The molecule has 0 aliphatic carbocycles. The molecule has 0 aromatic carbocycles. The smallest absolute Gasteiger partial charge is 0.140 e. The molecule has 2 heterocycles. The van der Waals surface area contributed by atoms with Gasteiger partial charge in [0.2, 0.25) is 0 Å². The van der Waals surface area contributed by atoms with E-state index in [1.165, 1.54) is 0 Å². The fraction of sp³-hybridized carbons (Fsp3) is 0.154. The molecule has 2 aromatic heterocycles. The van der Waals surface area contributed by atoms with Crippen molar-refractivity contribution in [3.63, 3.8) is 0 Å². The number of nitriles is 1. The average Bonchev–Trinajstić information content (AvgIpc) is 2.43. The van der Waals surface area contributed by atoms with Crippen LogP contribution in [0, 0.1) is 18.3 Å². The number of nitrogens with zero attached hydrogens (tertiary/aromatic N) is 3. The molecule has 0 saturated carbocycles. The Bertz CT molecular complexity index is 507. The van der Waals surface area contributed by atoms with Gasteiger partial charge in [-0.05, 0) is 30.7 Å². The van der Waals surface area contributed by atoms with Crippen molar-refractivity contribution in [2.45, 2.75) is 6.92 Å². The van der Waals surface area contributed by atoms with Gasteiger partial charge in [-0.1, -0.05) is 6.07 Å². The molecule has 0 aliphatic heterocycles. The summed E-state index contributed by atoms with van der Waals surface area (Å²) >= 11 is 0. The lowest BCUT2D eigenvalue weighted by Crippen LogP contribution is -1.90. The Morgan fingerprint density at radius 3 is 2.44 bits per heavy atom. The van der Waals surface area contributed by atoms with Crippen molar-refractivity contribution in [2.75, 3.05) is 18.1 Å². The second-order valence-corrected chi connectivity index (χ2v) is 3.50. The van der Waals surface area contributed by atoms with Gasteiger partial charge in [0.15, 0.2) is 0 Å². The molecule has 0 unspecified atom stereocenters. The standard InChI is InChI=1S/C7H7N3.C6H8N2/c1-9-7-3-2-6(4-8)10-5-7;1-5-3-2-4-8-6(5)7/h2-3,5,9H,1H3;2-4H,1H3,(H2,7,8). The van der Waals surface area contributed by atoms with Gasteiger partial charge in [-0.2, -0.15) is 5.26 Å². The van der Waals surface area contributed by atoms with Crippen molar-refractivity contribution in [3.05, 3.63) is 47.9 Å². The minimum absolute atomic E-state index is 0.444. The summed E-state index contributed by atoms with van der Waals surface area (Å²) in [6.45, 7) is 1.93. The molecule has 0 fully saturated rings. The predicted molar refractivity (Wildman–Crippen MR) is 71.9 cm³/mol. The van der Waals surface area contributed by atoms with Crippen LogP contribution in [0.4, 0.5) is 11.5 Å². The molecule has 92 valence electrons. The molecule has 2 aromatic rings. The van der Waals surface area contributed by atoms with Crippen LogP contribution in [0.2, 0.25) is 0 Å². The number of aryl methyl sites for hydroxylation is 1. The first-order chi connectivity index (χ1) is 8.67. The first kappa shape index (κ1) is 13.5. The van der Waals surface area contributed by atoms with Crippen molar-refractivity contribution in [1.29, 1.82) is 5.26 Å². The van der Waals surface area contributed by atoms with Gasteiger partial charge in [0.05, 0.1) is 11.9 Å². The first-order valence-electron chi connectivity index (χ1n) is 5.38. The van der Waals surface area contributed by atoms with Gasteiger partial charge in [-0.25, -0.2) is 9.97 Å². The third-order valence-corrected chi connectivity index (χ3v) is 2.22. The molecule has 0 bridgehead atoms. The van der Waals surface area contributed by atoms with Crippen LogP contribution in [0.5, 0.6) is 0 Å². The maximum absolute atomic E-state index is 8.37. The highest BCUT2D eigenvalue weighted by Crippen LogP contribution is 2.03. The number of rotatable bonds is 1. The van der Waals surface area contributed by atoms with Crippen LogP contribution in [0.3, 0.4) is 0 Å². The lowest BCUT2D eigenvalue weighted by atomic mass is 10.3. The summed E-state index contributed by atoms with van der Waals surface area (Å²) in [5.74, 6) is 0.618. The minimum atomic E-state index is 0.444. The number of anilines is 2. The lowest BCUT2D eigenvalue weighted by molar-refractivity contribution is 1.25. The molecule has 5 nitrogen and oxygen atoms in total. The van der Waals surface area contributed by atoms with Gasteiger partial charge in [-0.3, -0.25) is 0 Å². The van der Waals surface area contributed by atoms with Gasteiger partial charge in [0.25, 0.3) is 0 Å². The summed E-state index contributed by atoms with van der Waals surface area (Å²) in [4.78, 5) is 7.70. The van der Waals surface area contributed by atoms with Crippen LogP contribution in [0.15, 0.2) is 36.7 Å². The molecule has 0 amide bonds. The quantitative estimate of drug-likeness (QED) is 0.797. The van der Waals surface area contributed by atoms with Gasteiger partial charge in [-0.15, -0.1) is 0 Å². The zero-order valence-corrected chi connectivity index (χ0v) is 10.4. The van der Waals surface area contributed by atoms with E-state index in [4.69, 9.17) is 11.0 Å². The van der Waals surface area contributed by atoms with Crippen LogP contribution in [0.1, 0.15) is 11.3 Å². The van der Waals surface area contributed by atoms with E-state index in [-0.39, 0.29) is 0 Å². The SMILES string of the molecule is CNc1ccc(C#N)nc1.Cc1cccnc1N. The number of nitrogens with one attached hydrogen (secondary N) is 1. The van der Waals surface area contributed by atoms with E-state index < -0.39 is 0 Å². The summed E-state index contributed by atoms with van der Waals surface area (Å²) < 4.78 is 0. The normalized spacial score (nSPS) is 8.72. The van der Waals surface area contributed by atoms with Gasteiger partial charge < -0.3 is 11.1 Å². The highest BCUT2D eigenvalue weighted by Gasteiger charge is 1.89. The van der Waals surface area contributed by atoms with Crippen molar-refractivity contribution >= 4 is 11.5 Å². The number of aromatic nitrogens is 2. The van der Waals surface area contributed by atoms with Gasteiger partial charge in [0, 0.05) is 13.2 Å². The van der Waals surface area contributed by atoms with E-state index in [0.717, 1.165) is 11.3 Å². The van der Waals surface area contributed by atoms with Crippen LogP contribution < -0.4 is 11.1 Å². The average molecular weight is 241 g/mol. The molecule has 2 rings (SSSR count). The van der Waals surface area contributed by atoms with E-state index >= 15 is 0 Å². The Morgan fingerprint density at radius 1 is 1.28 bits per heavy atom. The predicted octanol–water partition coefficient (Wildman–Crippen LogP) is 1.97. The van der Waals surface area contributed by atoms with Crippen molar-refractivity contribution in [3.8, 4) is 6.07 Å². The lowest BCUT2D eigenvalue weighted by Gasteiger charge is -1.95. The first-order valence-corrected chi connectivity index (χ1v) is 5.38. The number of hydrogen-bond acceptors (Lipinski definition) is 5. The van der Waals surface area contributed by atoms with Crippen LogP contribution >= 0.6 is 0 Å². The van der Waals surface area contributed by atoms with Crippen molar-refractivity contribution < 1.29 is 0 Å². The maximum Gasteiger partial charge on any atom is 0.140 e. The van der Waals surface area contributed by atoms with Gasteiger partial charge >= 0.3 is 0 Å². The third kappa shape index (κ3) is 4.10. The minimum Gasteiger partial charge on any atom is -0.387 e. The Morgan fingerprint density at radius 2 is 2.06 bits per heavy atom. The zero-order valence-electron chi connectivity index (χ0n) is 10.4.